The zero-order chi connectivity index (χ0) is 14.8. The van der Waals surface area contributed by atoms with Gasteiger partial charge in [-0.1, -0.05) is 11.6 Å². The maximum absolute atomic E-state index is 12.4. The molecule has 4 nitrogen and oxygen atoms in total. The molecule has 1 aromatic rings. The first kappa shape index (κ1) is 16.3. The van der Waals surface area contributed by atoms with Gasteiger partial charge in [0.15, 0.2) is 0 Å². The minimum absolute atomic E-state index is 0.163. The fourth-order valence-corrected chi connectivity index (χ4v) is 6.28. The average molecular weight is 353 g/mol. The highest BCUT2D eigenvalue weighted by molar-refractivity contribution is 8.06. The molecule has 1 fully saturated rings. The highest BCUT2D eigenvalue weighted by atomic mass is 35.5. The second kappa shape index (κ2) is 6.79. The Balaban J connectivity index is 2.14. The summed E-state index contributed by atoms with van der Waals surface area (Å²) in [7, 11) is -3.57. The van der Waals surface area contributed by atoms with E-state index in [4.69, 9.17) is 17.3 Å². The summed E-state index contributed by atoms with van der Waals surface area (Å²) >= 11 is 9.57. The molecule has 0 bridgehead atoms. The van der Waals surface area contributed by atoms with Gasteiger partial charge in [-0.2, -0.15) is 23.5 Å². The van der Waals surface area contributed by atoms with Crippen molar-refractivity contribution >= 4 is 50.8 Å². The van der Waals surface area contributed by atoms with Crippen LogP contribution in [0.25, 0.3) is 0 Å². The van der Waals surface area contributed by atoms with Gasteiger partial charge in [0.05, 0.1) is 4.90 Å². The van der Waals surface area contributed by atoms with Crippen LogP contribution in [0.4, 0.5) is 5.69 Å². The third-order valence-electron chi connectivity index (χ3n) is 3.04. The molecule has 1 aliphatic heterocycles. The van der Waals surface area contributed by atoms with Crippen molar-refractivity contribution in [3.63, 3.8) is 0 Å². The van der Waals surface area contributed by atoms with Crippen molar-refractivity contribution in [2.45, 2.75) is 17.1 Å². The van der Waals surface area contributed by atoms with Gasteiger partial charge in [-0.15, -0.1) is 0 Å². The number of benzene rings is 1. The smallest absolute Gasteiger partial charge is 0.240 e. The van der Waals surface area contributed by atoms with Gasteiger partial charge < -0.3 is 5.73 Å². The van der Waals surface area contributed by atoms with Gasteiger partial charge in [-0.3, -0.25) is 0 Å². The largest absolute Gasteiger partial charge is 0.398 e. The summed E-state index contributed by atoms with van der Waals surface area (Å²) in [6.07, 6.45) is 0. The molecular weight excluding hydrogens is 336 g/mol. The Kier molecular flexibility index (Phi) is 5.53. The molecule has 1 unspecified atom stereocenters. The van der Waals surface area contributed by atoms with Crippen molar-refractivity contribution in [1.29, 1.82) is 0 Å². The third-order valence-corrected chi connectivity index (χ3v) is 7.65. The van der Waals surface area contributed by atoms with E-state index in [0.29, 0.717) is 28.1 Å². The van der Waals surface area contributed by atoms with Crippen LogP contribution in [0.5, 0.6) is 0 Å². The van der Waals surface area contributed by atoms with Crippen molar-refractivity contribution in [1.82, 2.24) is 4.72 Å². The molecule has 0 spiro atoms. The van der Waals surface area contributed by atoms with Crippen LogP contribution >= 0.6 is 35.1 Å². The number of rotatable bonds is 4. The lowest BCUT2D eigenvalue weighted by molar-refractivity contribution is 0.581. The quantitative estimate of drug-likeness (QED) is 0.814. The Morgan fingerprint density at radius 3 is 2.85 bits per heavy atom. The topological polar surface area (TPSA) is 72.2 Å². The number of nitrogens with two attached hydrogens (primary N) is 1. The molecular formula is C12H17ClN2O2S3. The van der Waals surface area contributed by atoms with Crippen LogP contribution in [-0.2, 0) is 10.0 Å². The molecule has 112 valence electrons. The Hall–Kier alpha value is -0.0800. The molecule has 1 aromatic carbocycles. The summed E-state index contributed by atoms with van der Waals surface area (Å²) in [6, 6.07) is 3.00. The Morgan fingerprint density at radius 2 is 2.20 bits per heavy atom. The number of anilines is 1. The molecule has 1 saturated heterocycles. The molecule has 3 N–H and O–H groups in total. The first-order valence-corrected chi connectivity index (χ1v) is 10.2. The molecule has 0 aromatic heterocycles. The molecule has 0 saturated carbocycles. The first-order chi connectivity index (χ1) is 9.40. The van der Waals surface area contributed by atoms with Crippen molar-refractivity contribution < 1.29 is 8.42 Å². The summed E-state index contributed by atoms with van der Waals surface area (Å²) in [4.78, 5) is 0.163. The molecule has 1 aliphatic rings. The minimum Gasteiger partial charge on any atom is -0.398 e. The van der Waals surface area contributed by atoms with Crippen LogP contribution in [0, 0.1) is 6.92 Å². The predicted octanol–water partition coefficient (Wildman–Crippen LogP) is 2.36. The minimum atomic E-state index is -3.57. The molecule has 20 heavy (non-hydrogen) atoms. The predicted molar refractivity (Wildman–Crippen MR) is 89.4 cm³/mol. The van der Waals surface area contributed by atoms with E-state index in [1.54, 1.807) is 13.0 Å². The SMILES string of the molecule is Cc1c(N)cc(Cl)cc1S(=O)(=O)NCC1CSCCS1. The van der Waals surface area contributed by atoms with Gasteiger partial charge in [0.2, 0.25) is 10.0 Å². The van der Waals surface area contributed by atoms with E-state index in [9.17, 15) is 8.42 Å². The standard InChI is InChI=1S/C12H17ClN2O2S3/c1-8-11(14)4-9(13)5-12(8)20(16,17)15-6-10-7-18-2-3-19-10/h4-5,10,15H,2-3,6-7,14H2,1H3. The van der Waals surface area contributed by atoms with Gasteiger partial charge >= 0.3 is 0 Å². The Morgan fingerprint density at radius 1 is 1.45 bits per heavy atom. The summed E-state index contributed by atoms with van der Waals surface area (Å²) in [5, 5.41) is 0.649. The second-order valence-corrected chi connectivity index (χ2v) is 9.27. The molecule has 0 aliphatic carbocycles. The van der Waals surface area contributed by atoms with E-state index in [1.165, 1.54) is 6.07 Å². The van der Waals surface area contributed by atoms with Gasteiger partial charge in [0, 0.05) is 39.8 Å². The molecule has 0 amide bonds. The van der Waals surface area contributed by atoms with Crippen LogP contribution in [0.15, 0.2) is 17.0 Å². The number of nitrogens with one attached hydrogen (secondary N) is 1. The lowest BCUT2D eigenvalue weighted by Gasteiger charge is -2.21. The van der Waals surface area contributed by atoms with Gasteiger partial charge in [-0.25, -0.2) is 13.1 Å². The molecule has 1 atom stereocenters. The number of nitrogen functional groups attached to an aromatic ring is 1. The fraction of sp³-hybridized carbons (Fsp3) is 0.500. The highest BCUT2D eigenvalue weighted by Gasteiger charge is 2.22. The van der Waals surface area contributed by atoms with Crippen molar-refractivity contribution in [3.05, 3.63) is 22.7 Å². The zero-order valence-corrected chi connectivity index (χ0v) is 14.3. The van der Waals surface area contributed by atoms with E-state index < -0.39 is 10.0 Å². The lowest BCUT2D eigenvalue weighted by Crippen LogP contribution is -2.33. The maximum Gasteiger partial charge on any atom is 0.240 e. The second-order valence-electron chi connectivity index (χ2n) is 4.54. The summed E-state index contributed by atoms with van der Waals surface area (Å²) in [5.74, 6) is 3.18. The zero-order valence-electron chi connectivity index (χ0n) is 11.1. The maximum atomic E-state index is 12.4. The number of sulfonamides is 1. The molecule has 1 heterocycles. The molecule has 8 heteroatoms. The Labute approximate surface area is 133 Å². The van der Waals surface area contributed by atoms with Crippen LogP contribution < -0.4 is 10.5 Å². The van der Waals surface area contributed by atoms with Gasteiger partial charge in [0.25, 0.3) is 0 Å². The normalized spacial score (nSPS) is 20.0. The van der Waals surface area contributed by atoms with Crippen LogP contribution in [0.3, 0.4) is 0 Å². The van der Waals surface area contributed by atoms with Crippen LogP contribution in [0.1, 0.15) is 5.56 Å². The summed E-state index contributed by atoms with van der Waals surface area (Å²) < 4.78 is 27.4. The Bertz CT molecular complexity index is 587. The van der Waals surface area contributed by atoms with Crippen molar-refractivity contribution in [2.24, 2.45) is 0 Å². The summed E-state index contributed by atoms with van der Waals surface area (Å²) in [6.45, 7) is 2.12. The summed E-state index contributed by atoms with van der Waals surface area (Å²) in [5.41, 5.74) is 6.70. The van der Waals surface area contributed by atoms with E-state index in [1.807, 2.05) is 23.5 Å². The third kappa shape index (κ3) is 3.98. The van der Waals surface area contributed by atoms with Gasteiger partial charge in [-0.05, 0) is 24.6 Å². The van der Waals surface area contributed by atoms with E-state index in [0.717, 1.165) is 17.3 Å². The van der Waals surface area contributed by atoms with E-state index in [-0.39, 0.29) is 4.90 Å². The van der Waals surface area contributed by atoms with Crippen LogP contribution in [-0.4, -0.2) is 37.5 Å². The molecule has 0 radical (unpaired) electrons. The number of hydrogen-bond donors (Lipinski definition) is 2. The van der Waals surface area contributed by atoms with Crippen molar-refractivity contribution in [2.75, 3.05) is 29.5 Å². The fourth-order valence-electron chi connectivity index (χ4n) is 1.89. The van der Waals surface area contributed by atoms with Gasteiger partial charge in [0.1, 0.15) is 0 Å². The van der Waals surface area contributed by atoms with Crippen molar-refractivity contribution in [3.8, 4) is 0 Å². The average Bonchev–Trinajstić information content (AvgIpc) is 2.42. The van der Waals surface area contributed by atoms with Crippen LogP contribution in [0.2, 0.25) is 5.02 Å². The van der Waals surface area contributed by atoms with E-state index in [2.05, 4.69) is 4.72 Å². The first-order valence-electron chi connectivity index (χ1n) is 6.15. The lowest BCUT2D eigenvalue weighted by atomic mass is 10.2. The molecule has 2 rings (SSSR count). The highest BCUT2D eigenvalue weighted by Crippen LogP contribution is 2.27. The monoisotopic (exact) mass is 352 g/mol. The number of thioether (sulfide) groups is 2. The number of hydrogen-bond acceptors (Lipinski definition) is 5. The number of halogens is 1. The van der Waals surface area contributed by atoms with E-state index >= 15 is 0 Å².